The van der Waals surface area contributed by atoms with Crippen LogP contribution in [0.3, 0.4) is 0 Å². The molecule has 0 amide bonds. The van der Waals surface area contributed by atoms with Gasteiger partial charge in [0.15, 0.2) is 10.8 Å². The molecule has 9 nitrogen and oxygen atoms in total. The summed E-state index contributed by atoms with van der Waals surface area (Å²) >= 11 is 0. The molecule has 4 heterocycles. The van der Waals surface area contributed by atoms with Crippen molar-refractivity contribution in [2.45, 2.75) is 11.2 Å². The van der Waals surface area contributed by atoms with E-state index in [1.165, 1.54) is 43.2 Å². The minimum Gasteiger partial charge on any atom is -0.329 e. The number of halogens is 3. The standard InChI is InChI=1S/C15H10F3N7O2S/c1-28(26,12-7-19-3-4-20-12)24-10-8-25-5-2-9(6-11(25)21-10)13-22-14(27-23-13)15(16,17)18/h2-8H,1H3. The molecule has 0 saturated carbocycles. The van der Waals surface area contributed by atoms with Gasteiger partial charge in [0, 0.05) is 30.4 Å². The predicted molar refractivity (Wildman–Crippen MR) is 89.9 cm³/mol. The first-order valence-corrected chi connectivity index (χ1v) is 9.53. The van der Waals surface area contributed by atoms with Crippen LogP contribution in [-0.4, -0.2) is 40.0 Å². The Hall–Kier alpha value is -3.35. The van der Waals surface area contributed by atoms with Gasteiger partial charge >= 0.3 is 12.1 Å². The summed E-state index contributed by atoms with van der Waals surface area (Å²) in [6.45, 7) is 0. The van der Waals surface area contributed by atoms with Crippen LogP contribution in [0.25, 0.3) is 17.0 Å². The Kier molecular flexibility index (Phi) is 4.10. The fourth-order valence-corrected chi connectivity index (χ4v) is 3.37. The Bertz CT molecular complexity index is 1270. The predicted octanol–water partition coefficient (Wildman–Crippen LogP) is 2.98. The van der Waals surface area contributed by atoms with Crippen molar-refractivity contribution in [3.63, 3.8) is 0 Å². The third kappa shape index (κ3) is 3.43. The molecule has 0 aliphatic carbocycles. The van der Waals surface area contributed by atoms with E-state index in [4.69, 9.17) is 0 Å². The van der Waals surface area contributed by atoms with Gasteiger partial charge in [-0.1, -0.05) is 5.16 Å². The van der Waals surface area contributed by atoms with Gasteiger partial charge in [0.1, 0.15) is 5.65 Å². The smallest absolute Gasteiger partial charge is 0.329 e. The molecule has 4 aromatic rings. The number of aromatic nitrogens is 6. The number of imidazole rings is 1. The maximum absolute atomic E-state index is 12.8. The van der Waals surface area contributed by atoms with Gasteiger partial charge < -0.3 is 8.92 Å². The summed E-state index contributed by atoms with van der Waals surface area (Å²) in [4.78, 5) is 15.4. The van der Waals surface area contributed by atoms with E-state index in [0.29, 0.717) is 5.65 Å². The molecule has 1 atom stereocenters. The quantitative estimate of drug-likeness (QED) is 0.511. The van der Waals surface area contributed by atoms with Gasteiger partial charge in [0.05, 0.1) is 22.1 Å². The summed E-state index contributed by atoms with van der Waals surface area (Å²) in [5, 5.41) is 3.55. The van der Waals surface area contributed by atoms with Crippen LogP contribution in [0.4, 0.5) is 19.0 Å². The zero-order valence-electron chi connectivity index (χ0n) is 14.0. The highest BCUT2D eigenvalue weighted by Crippen LogP contribution is 2.29. The number of fused-ring (bicyclic) bond motifs is 1. The molecule has 0 spiro atoms. The third-order valence-electron chi connectivity index (χ3n) is 3.57. The van der Waals surface area contributed by atoms with Crippen molar-refractivity contribution in [3.05, 3.63) is 49.0 Å². The highest BCUT2D eigenvalue weighted by molar-refractivity contribution is 7.93. The molecule has 0 aliphatic heterocycles. The van der Waals surface area contributed by atoms with E-state index in [1.54, 1.807) is 10.6 Å². The minimum absolute atomic E-state index is 0.166. The fourth-order valence-electron chi connectivity index (χ4n) is 2.31. The monoisotopic (exact) mass is 409 g/mol. The van der Waals surface area contributed by atoms with Gasteiger partial charge in [-0.2, -0.15) is 22.5 Å². The molecule has 13 heteroatoms. The van der Waals surface area contributed by atoms with Crippen LogP contribution in [0.15, 0.2) is 57.0 Å². The normalized spacial score (nSPS) is 14.1. The van der Waals surface area contributed by atoms with Crippen LogP contribution in [0.5, 0.6) is 0 Å². The average Bonchev–Trinajstić information content (AvgIpc) is 3.27. The van der Waals surface area contributed by atoms with E-state index in [0.717, 1.165) is 0 Å². The molecule has 0 radical (unpaired) electrons. The maximum atomic E-state index is 12.8. The molecule has 4 rings (SSSR count). The lowest BCUT2D eigenvalue weighted by Crippen LogP contribution is -2.04. The zero-order chi connectivity index (χ0) is 19.9. The summed E-state index contributed by atoms with van der Waals surface area (Å²) in [5.41, 5.74) is 0.624. The van der Waals surface area contributed by atoms with Crippen LogP contribution in [0.2, 0.25) is 0 Å². The van der Waals surface area contributed by atoms with Crippen LogP contribution >= 0.6 is 0 Å². The molecule has 4 aromatic heterocycles. The highest BCUT2D eigenvalue weighted by atomic mass is 32.2. The van der Waals surface area contributed by atoms with E-state index < -0.39 is 21.8 Å². The van der Waals surface area contributed by atoms with Crippen molar-refractivity contribution >= 4 is 21.2 Å². The summed E-state index contributed by atoms with van der Waals surface area (Å²) in [6.07, 6.45) is 3.96. The summed E-state index contributed by atoms with van der Waals surface area (Å²) in [5.74, 6) is -1.49. The summed E-state index contributed by atoms with van der Waals surface area (Å²) in [6, 6.07) is 2.96. The van der Waals surface area contributed by atoms with E-state index in [-0.39, 0.29) is 22.2 Å². The first kappa shape index (κ1) is 18.0. The first-order valence-electron chi connectivity index (χ1n) is 7.61. The van der Waals surface area contributed by atoms with Crippen LogP contribution in [0, 0.1) is 0 Å². The number of pyridine rings is 1. The Morgan fingerprint density at radius 3 is 2.75 bits per heavy atom. The number of rotatable bonds is 3. The van der Waals surface area contributed by atoms with Gasteiger partial charge in [0.25, 0.3) is 0 Å². The lowest BCUT2D eigenvalue weighted by Gasteiger charge is -2.00. The molecule has 0 fully saturated rings. The van der Waals surface area contributed by atoms with Gasteiger partial charge in [0.2, 0.25) is 5.82 Å². The Labute approximate surface area is 155 Å². The van der Waals surface area contributed by atoms with Crippen LogP contribution < -0.4 is 0 Å². The lowest BCUT2D eigenvalue weighted by atomic mass is 10.2. The van der Waals surface area contributed by atoms with Crippen molar-refractivity contribution in [2.24, 2.45) is 4.36 Å². The summed E-state index contributed by atoms with van der Waals surface area (Å²) in [7, 11) is -2.88. The molecular weight excluding hydrogens is 399 g/mol. The first-order chi connectivity index (χ1) is 13.2. The van der Waals surface area contributed by atoms with Gasteiger partial charge in [-0.25, -0.2) is 14.2 Å². The van der Waals surface area contributed by atoms with Crippen molar-refractivity contribution in [1.82, 2.24) is 29.5 Å². The molecule has 0 N–H and O–H groups in total. The topological polar surface area (TPSA) is 111 Å². The average molecular weight is 409 g/mol. The number of nitrogens with zero attached hydrogens (tertiary/aromatic N) is 7. The van der Waals surface area contributed by atoms with Crippen LogP contribution in [0.1, 0.15) is 5.89 Å². The fraction of sp³-hybridized carbons (Fsp3) is 0.133. The molecule has 0 bridgehead atoms. The molecule has 0 aromatic carbocycles. The van der Waals surface area contributed by atoms with E-state index in [1.807, 2.05) is 0 Å². The third-order valence-corrected chi connectivity index (χ3v) is 5.09. The van der Waals surface area contributed by atoms with Crippen LogP contribution in [-0.2, 0) is 15.9 Å². The van der Waals surface area contributed by atoms with E-state index in [2.05, 4.69) is 34.0 Å². The highest BCUT2D eigenvalue weighted by Gasteiger charge is 2.38. The van der Waals surface area contributed by atoms with Crippen molar-refractivity contribution in [3.8, 4) is 11.4 Å². The maximum Gasteiger partial charge on any atom is 0.471 e. The summed E-state index contributed by atoms with van der Waals surface area (Å²) < 4.78 is 60.5. The second-order valence-corrected chi connectivity index (χ2v) is 7.84. The molecule has 1 unspecified atom stereocenters. The second-order valence-electron chi connectivity index (χ2n) is 5.64. The SMILES string of the molecule is CS(=O)(=Nc1cn2ccc(-c3noc(C(F)(F)F)n3)cc2n1)c1cnccn1. The number of alkyl halides is 3. The molecule has 144 valence electrons. The van der Waals surface area contributed by atoms with E-state index in [9.17, 15) is 17.4 Å². The number of hydrogen-bond acceptors (Lipinski definition) is 8. The van der Waals surface area contributed by atoms with Crippen molar-refractivity contribution in [1.29, 1.82) is 0 Å². The largest absolute Gasteiger partial charge is 0.471 e. The van der Waals surface area contributed by atoms with Crippen molar-refractivity contribution in [2.75, 3.05) is 6.26 Å². The molecular formula is C15H10F3N7O2S. The Morgan fingerprint density at radius 1 is 1.25 bits per heavy atom. The Balaban J connectivity index is 1.72. The molecule has 28 heavy (non-hydrogen) atoms. The zero-order valence-corrected chi connectivity index (χ0v) is 14.8. The van der Waals surface area contributed by atoms with Gasteiger partial charge in [-0.05, 0) is 12.1 Å². The molecule has 0 aliphatic rings. The Morgan fingerprint density at radius 2 is 2.07 bits per heavy atom. The van der Waals surface area contributed by atoms with Gasteiger partial charge in [-0.3, -0.25) is 4.98 Å². The van der Waals surface area contributed by atoms with E-state index >= 15 is 0 Å². The molecule has 0 saturated heterocycles. The minimum atomic E-state index is -4.73. The van der Waals surface area contributed by atoms with Gasteiger partial charge in [-0.15, -0.1) is 0 Å². The lowest BCUT2D eigenvalue weighted by molar-refractivity contribution is -0.159. The van der Waals surface area contributed by atoms with Crippen molar-refractivity contribution < 1.29 is 21.9 Å². The number of hydrogen-bond donors (Lipinski definition) is 0. The second kappa shape index (κ2) is 6.37.